The molecule has 0 spiro atoms. The van der Waals surface area contributed by atoms with Crippen LogP contribution in [0.2, 0.25) is 0 Å². The Labute approximate surface area is 136 Å². The number of nitrogens with zero attached hydrogens (tertiary/aromatic N) is 1. The van der Waals surface area contributed by atoms with Crippen molar-refractivity contribution >= 4 is 9.84 Å². The van der Waals surface area contributed by atoms with Crippen LogP contribution < -0.4 is 0 Å². The molecule has 0 aliphatic carbocycles. The van der Waals surface area contributed by atoms with Gasteiger partial charge in [0.15, 0.2) is 5.60 Å². The Morgan fingerprint density at radius 2 is 1.70 bits per heavy atom. The molecule has 2 atom stereocenters. The number of benzene rings is 2. The average Bonchev–Trinajstić information content (AvgIpc) is 2.54. The van der Waals surface area contributed by atoms with E-state index in [4.69, 9.17) is 5.26 Å². The van der Waals surface area contributed by atoms with E-state index in [1.54, 1.807) is 49.4 Å². The molecule has 23 heavy (non-hydrogen) atoms. The Balaban J connectivity index is 2.61. The summed E-state index contributed by atoms with van der Waals surface area (Å²) in [7, 11) is -3.72. The minimum atomic E-state index is -3.72. The Morgan fingerprint density at radius 3 is 2.26 bits per heavy atom. The molecule has 2 rings (SSSR count). The zero-order valence-corrected chi connectivity index (χ0v) is 14.1. The highest BCUT2D eigenvalue weighted by atomic mass is 32.2. The summed E-state index contributed by atoms with van der Waals surface area (Å²) >= 11 is 0. The summed E-state index contributed by atoms with van der Waals surface area (Å²) in [5, 5.41) is 19.3. The van der Waals surface area contributed by atoms with E-state index in [-0.39, 0.29) is 9.79 Å². The van der Waals surface area contributed by atoms with Gasteiger partial charge in [-0.15, -0.1) is 0 Å². The fourth-order valence-electron chi connectivity index (χ4n) is 2.33. The van der Waals surface area contributed by atoms with Gasteiger partial charge < -0.3 is 5.11 Å². The quantitative estimate of drug-likeness (QED) is 0.874. The molecule has 0 amide bonds. The Morgan fingerprint density at radius 1 is 1.13 bits per heavy atom. The first-order valence-electron chi connectivity index (χ1n) is 7.24. The second kappa shape index (κ2) is 6.15. The Bertz CT molecular complexity index is 847. The van der Waals surface area contributed by atoms with Crippen LogP contribution in [0.15, 0.2) is 58.3 Å². The molecule has 0 radical (unpaired) electrons. The number of rotatable bonds is 4. The van der Waals surface area contributed by atoms with Gasteiger partial charge in [-0.3, -0.25) is 0 Å². The third-order valence-electron chi connectivity index (χ3n) is 4.08. The summed E-state index contributed by atoms with van der Waals surface area (Å²) in [6.45, 7) is 4.91. The van der Waals surface area contributed by atoms with E-state index in [0.717, 1.165) is 5.56 Å². The molecule has 0 bridgehead atoms. The lowest BCUT2D eigenvalue weighted by atomic mass is 9.86. The molecule has 0 fully saturated rings. The molecule has 120 valence electrons. The van der Waals surface area contributed by atoms with Gasteiger partial charge in [0.1, 0.15) is 0 Å². The summed E-state index contributed by atoms with van der Waals surface area (Å²) in [6, 6.07) is 14.9. The second-order valence-corrected chi connectivity index (χ2v) is 7.75. The van der Waals surface area contributed by atoms with Crippen LogP contribution in [0.5, 0.6) is 0 Å². The summed E-state index contributed by atoms with van der Waals surface area (Å²) in [4.78, 5) is 0.311. The van der Waals surface area contributed by atoms with Crippen molar-refractivity contribution in [3.8, 4) is 6.07 Å². The lowest BCUT2D eigenvalue weighted by molar-refractivity contribution is 0.0933. The number of sulfone groups is 1. The monoisotopic (exact) mass is 329 g/mol. The zero-order chi connectivity index (χ0) is 17.3. The number of aryl methyl sites for hydroxylation is 1. The fourth-order valence-corrected chi connectivity index (χ4v) is 3.89. The Hall–Kier alpha value is -2.16. The van der Waals surface area contributed by atoms with Gasteiger partial charge in [0, 0.05) is 5.92 Å². The molecule has 4 nitrogen and oxygen atoms in total. The zero-order valence-electron chi connectivity index (χ0n) is 13.3. The van der Waals surface area contributed by atoms with Crippen molar-refractivity contribution in [3.63, 3.8) is 0 Å². The largest absolute Gasteiger partial charge is 0.375 e. The van der Waals surface area contributed by atoms with Crippen molar-refractivity contribution in [1.82, 2.24) is 0 Å². The normalized spacial score (nSPS) is 15.4. The first-order valence-corrected chi connectivity index (χ1v) is 8.73. The minimum Gasteiger partial charge on any atom is -0.375 e. The third-order valence-corrected chi connectivity index (χ3v) is 5.92. The molecule has 2 aromatic rings. The first kappa shape index (κ1) is 17.2. The van der Waals surface area contributed by atoms with Gasteiger partial charge in [-0.05, 0) is 37.6 Å². The van der Waals surface area contributed by atoms with Gasteiger partial charge in [-0.1, -0.05) is 42.8 Å². The van der Waals surface area contributed by atoms with Crippen LogP contribution in [0, 0.1) is 18.3 Å². The van der Waals surface area contributed by atoms with Crippen molar-refractivity contribution in [2.24, 2.45) is 0 Å². The Kier molecular flexibility index (Phi) is 4.60. The molecule has 2 aromatic carbocycles. The molecule has 0 aliphatic heterocycles. The predicted octanol–water partition coefficient (Wildman–Crippen LogP) is 3.21. The van der Waals surface area contributed by atoms with E-state index in [0.29, 0.717) is 5.56 Å². The molecular formula is C18H19NO3S. The van der Waals surface area contributed by atoms with Gasteiger partial charge >= 0.3 is 0 Å². The van der Waals surface area contributed by atoms with Crippen LogP contribution in [-0.4, -0.2) is 19.1 Å². The van der Waals surface area contributed by atoms with Gasteiger partial charge in [0.25, 0.3) is 0 Å². The number of nitriles is 1. The predicted molar refractivity (Wildman–Crippen MR) is 87.7 cm³/mol. The lowest BCUT2D eigenvalue weighted by Gasteiger charge is -2.25. The standard InChI is InChI=1S/C18H19NO3S/c1-13-8-10-15(11-9-13)23(21,22)17-7-5-4-6-16(17)14(2)18(3,20)12-19/h4-11,14,20H,1-3H3/t14-,18+/m0/s1. The number of hydrogen-bond donors (Lipinski definition) is 1. The first-order chi connectivity index (χ1) is 10.7. The van der Waals surface area contributed by atoms with Gasteiger partial charge in [-0.2, -0.15) is 5.26 Å². The molecule has 1 N–H and O–H groups in total. The maximum Gasteiger partial charge on any atom is 0.206 e. The highest BCUT2D eigenvalue weighted by Gasteiger charge is 2.33. The summed E-state index contributed by atoms with van der Waals surface area (Å²) < 4.78 is 25.8. The smallest absolute Gasteiger partial charge is 0.206 e. The fraction of sp³-hybridized carbons (Fsp3) is 0.278. The van der Waals surface area contributed by atoms with Crippen LogP contribution in [0.1, 0.15) is 30.9 Å². The lowest BCUT2D eigenvalue weighted by Crippen LogP contribution is -2.30. The molecule has 0 unspecified atom stereocenters. The van der Waals surface area contributed by atoms with E-state index >= 15 is 0 Å². The van der Waals surface area contributed by atoms with Gasteiger partial charge in [-0.25, -0.2) is 8.42 Å². The van der Waals surface area contributed by atoms with Gasteiger partial charge in [0.2, 0.25) is 9.84 Å². The van der Waals surface area contributed by atoms with Crippen molar-refractivity contribution in [2.45, 2.75) is 42.1 Å². The molecule has 0 saturated carbocycles. The molecule has 0 heterocycles. The van der Waals surface area contributed by atoms with Crippen LogP contribution in [0.25, 0.3) is 0 Å². The van der Waals surface area contributed by atoms with Crippen molar-refractivity contribution in [3.05, 3.63) is 59.7 Å². The summed E-state index contributed by atoms with van der Waals surface area (Å²) in [6.07, 6.45) is 0. The van der Waals surface area contributed by atoms with E-state index in [1.165, 1.54) is 13.0 Å². The van der Waals surface area contributed by atoms with Crippen molar-refractivity contribution in [1.29, 1.82) is 5.26 Å². The van der Waals surface area contributed by atoms with E-state index in [2.05, 4.69) is 0 Å². The second-order valence-electron chi connectivity index (χ2n) is 5.84. The molecular weight excluding hydrogens is 310 g/mol. The third kappa shape index (κ3) is 3.29. The number of aliphatic hydroxyl groups is 1. The highest BCUT2D eigenvalue weighted by Crippen LogP contribution is 2.34. The van der Waals surface area contributed by atoms with E-state index < -0.39 is 21.4 Å². The van der Waals surface area contributed by atoms with Gasteiger partial charge in [0.05, 0.1) is 15.9 Å². The van der Waals surface area contributed by atoms with Crippen molar-refractivity contribution in [2.75, 3.05) is 0 Å². The highest BCUT2D eigenvalue weighted by molar-refractivity contribution is 7.91. The molecule has 0 aromatic heterocycles. The average molecular weight is 329 g/mol. The summed E-state index contributed by atoms with van der Waals surface area (Å²) in [5.41, 5.74) is -0.253. The van der Waals surface area contributed by atoms with E-state index in [1.807, 2.05) is 13.0 Å². The van der Waals surface area contributed by atoms with Crippen LogP contribution in [0.4, 0.5) is 0 Å². The maximum atomic E-state index is 12.9. The molecule has 0 aliphatic rings. The summed E-state index contributed by atoms with van der Waals surface area (Å²) in [5.74, 6) is -0.649. The van der Waals surface area contributed by atoms with Crippen LogP contribution in [0.3, 0.4) is 0 Å². The van der Waals surface area contributed by atoms with Crippen LogP contribution in [-0.2, 0) is 9.84 Å². The van der Waals surface area contributed by atoms with E-state index in [9.17, 15) is 13.5 Å². The molecule has 5 heteroatoms. The number of hydrogen-bond acceptors (Lipinski definition) is 4. The van der Waals surface area contributed by atoms with Crippen molar-refractivity contribution < 1.29 is 13.5 Å². The molecule has 0 saturated heterocycles. The van der Waals surface area contributed by atoms with Crippen LogP contribution >= 0.6 is 0 Å². The minimum absolute atomic E-state index is 0.117. The SMILES string of the molecule is Cc1ccc(S(=O)(=O)c2ccccc2[C@H](C)[C@](C)(O)C#N)cc1. The maximum absolute atomic E-state index is 12.9. The topological polar surface area (TPSA) is 78.2 Å².